The van der Waals surface area contributed by atoms with Gasteiger partial charge in [0.2, 0.25) is 0 Å². The predicted octanol–water partition coefficient (Wildman–Crippen LogP) is 2.09. The topological polar surface area (TPSA) is 0 Å². The molecule has 0 saturated heterocycles. The molecule has 16 heavy (non-hydrogen) atoms. The van der Waals surface area contributed by atoms with Gasteiger partial charge in [-0.25, -0.2) is 0 Å². The number of hydrogen-bond donors (Lipinski definition) is 0. The van der Waals surface area contributed by atoms with Crippen molar-refractivity contribution in [1.29, 1.82) is 0 Å². The summed E-state index contributed by atoms with van der Waals surface area (Å²) in [7, 11) is 0. The molecule has 0 unspecified atom stereocenters. The van der Waals surface area contributed by atoms with Gasteiger partial charge in [-0.05, 0) is 59.4 Å². The Labute approximate surface area is 96.3 Å². The van der Waals surface area contributed by atoms with Crippen LogP contribution in [0.5, 0.6) is 0 Å². The third-order valence-electron chi connectivity index (χ3n) is 3.81. The number of allylic oxidation sites excluding steroid dienone is 4. The van der Waals surface area contributed by atoms with Crippen LogP contribution in [0.25, 0.3) is 12.2 Å². The highest BCUT2D eigenvalue weighted by atomic mass is 14.2. The number of fused-ring (bicyclic) bond motifs is 2. The Bertz CT molecular complexity index is 567. The Kier molecular flexibility index (Phi) is 2.10. The first kappa shape index (κ1) is 9.65. The summed E-state index contributed by atoms with van der Waals surface area (Å²) < 4.78 is 0. The Morgan fingerprint density at radius 3 is 1.62 bits per heavy atom. The molecule has 0 spiro atoms. The summed E-state index contributed by atoms with van der Waals surface area (Å²) in [6.07, 6.45) is 15.6. The summed E-state index contributed by atoms with van der Waals surface area (Å²) in [5.41, 5.74) is 5.98. The van der Waals surface area contributed by atoms with Crippen LogP contribution in [-0.4, -0.2) is 0 Å². The van der Waals surface area contributed by atoms with Crippen LogP contribution in [0.3, 0.4) is 0 Å². The van der Waals surface area contributed by atoms with Crippen molar-refractivity contribution < 1.29 is 0 Å². The van der Waals surface area contributed by atoms with E-state index in [2.05, 4.69) is 50.3 Å². The van der Waals surface area contributed by atoms with Gasteiger partial charge in [-0.3, -0.25) is 0 Å². The van der Waals surface area contributed by atoms with Gasteiger partial charge in [-0.2, -0.15) is 0 Å². The van der Waals surface area contributed by atoms with Crippen LogP contribution in [-0.2, 0) is 12.8 Å². The monoisotopic (exact) mass is 208 g/mol. The van der Waals surface area contributed by atoms with Gasteiger partial charge in [0, 0.05) is 0 Å². The lowest BCUT2D eigenvalue weighted by Crippen LogP contribution is -2.29. The van der Waals surface area contributed by atoms with Gasteiger partial charge < -0.3 is 0 Å². The summed E-state index contributed by atoms with van der Waals surface area (Å²) in [5.74, 6) is 0. The molecule has 0 bridgehead atoms. The second-order valence-corrected chi connectivity index (χ2v) is 4.63. The van der Waals surface area contributed by atoms with E-state index in [1.807, 2.05) is 0 Å². The molecule has 1 aromatic carbocycles. The minimum atomic E-state index is 1.09. The molecule has 0 amide bonds. The van der Waals surface area contributed by atoms with Crippen LogP contribution in [0.2, 0.25) is 0 Å². The van der Waals surface area contributed by atoms with Gasteiger partial charge in [0.25, 0.3) is 0 Å². The fourth-order valence-corrected chi connectivity index (χ4v) is 2.86. The molecule has 80 valence electrons. The lowest BCUT2D eigenvalue weighted by molar-refractivity contribution is 1.07. The predicted molar refractivity (Wildman–Crippen MR) is 69.8 cm³/mol. The molecule has 0 saturated carbocycles. The summed E-state index contributed by atoms with van der Waals surface area (Å²) in [6.45, 7) is 4.53. The van der Waals surface area contributed by atoms with E-state index in [0.717, 1.165) is 12.8 Å². The van der Waals surface area contributed by atoms with Gasteiger partial charge in [-0.1, -0.05) is 36.5 Å². The van der Waals surface area contributed by atoms with E-state index in [9.17, 15) is 0 Å². The van der Waals surface area contributed by atoms with E-state index in [-0.39, 0.29) is 0 Å². The third-order valence-corrected chi connectivity index (χ3v) is 3.81. The van der Waals surface area contributed by atoms with E-state index in [1.54, 1.807) is 0 Å². The SMILES string of the molecule is Cc1c2c(c(C)c3c1=CC=CC3)=CC=CC2. The normalized spacial score (nSPS) is 16.1. The van der Waals surface area contributed by atoms with E-state index in [0.29, 0.717) is 0 Å². The highest BCUT2D eigenvalue weighted by Crippen LogP contribution is 2.12. The first-order valence-electron chi connectivity index (χ1n) is 5.93. The smallest absolute Gasteiger partial charge is 0.00854 e. The second kappa shape index (κ2) is 3.48. The van der Waals surface area contributed by atoms with Gasteiger partial charge in [0.1, 0.15) is 0 Å². The molecule has 0 N–H and O–H groups in total. The van der Waals surface area contributed by atoms with E-state index in [4.69, 9.17) is 0 Å². The standard InChI is InChI=1S/C16H16/c1-11-13-7-3-5-9-15(13)12(2)16-10-6-4-8-14(11)16/h3-7,10H,8-9H2,1-2H3. The van der Waals surface area contributed by atoms with Crippen molar-refractivity contribution in [2.75, 3.05) is 0 Å². The Balaban J connectivity index is 2.51. The van der Waals surface area contributed by atoms with Crippen LogP contribution in [0.15, 0.2) is 24.3 Å². The molecule has 0 atom stereocenters. The number of rotatable bonds is 0. The Hall–Kier alpha value is -1.56. The molecule has 3 rings (SSSR count). The van der Waals surface area contributed by atoms with Crippen molar-refractivity contribution in [2.45, 2.75) is 26.7 Å². The molecule has 2 aliphatic rings. The molecule has 0 heteroatoms. The van der Waals surface area contributed by atoms with Crippen LogP contribution in [0.4, 0.5) is 0 Å². The number of hydrogen-bond acceptors (Lipinski definition) is 0. The summed E-state index contributed by atoms with van der Waals surface area (Å²) in [4.78, 5) is 0. The second-order valence-electron chi connectivity index (χ2n) is 4.63. The molecular formula is C16H16. The fourth-order valence-electron chi connectivity index (χ4n) is 2.86. The summed E-state index contributed by atoms with van der Waals surface area (Å²) in [5, 5.41) is 2.92. The van der Waals surface area contributed by atoms with E-state index < -0.39 is 0 Å². The van der Waals surface area contributed by atoms with Gasteiger partial charge in [-0.15, -0.1) is 0 Å². The van der Waals surface area contributed by atoms with Gasteiger partial charge in [0.15, 0.2) is 0 Å². The molecule has 0 radical (unpaired) electrons. The Morgan fingerprint density at radius 2 is 1.19 bits per heavy atom. The molecule has 0 fully saturated rings. The average molecular weight is 208 g/mol. The van der Waals surface area contributed by atoms with Crippen molar-refractivity contribution in [3.63, 3.8) is 0 Å². The summed E-state index contributed by atoms with van der Waals surface area (Å²) in [6, 6.07) is 0. The third kappa shape index (κ3) is 1.23. The fraction of sp³-hybridized carbons (Fsp3) is 0.250. The number of benzene rings is 1. The first-order valence-corrected chi connectivity index (χ1v) is 5.93. The highest BCUT2D eigenvalue weighted by molar-refractivity contribution is 5.57. The average Bonchev–Trinajstić information content (AvgIpc) is 2.36. The van der Waals surface area contributed by atoms with Crippen molar-refractivity contribution >= 4 is 12.2 Å². The van der Waals surface area contributed by atoms with E-state index in [1.165, 1.54) is 32.7 Å². The van der Waals surface area contributed by atoms with Crippen LogP contribution in [0.1, 0.15) is 22.3 Å². The zero-order valence-electron chi connectivity index (χ0n) is 9.88. The largest absolute Gasteiger partial charge is 0.0801 e. The first-order chi connectivity index (χ1) is 7.79. The van der Waals surface area contributed by atoms with Crippen LogP contribution in [0, 0.1) is 13.8 Å². The van der Waals surface area contributed by atoms with Gasteiger partial charge in [0.05, 0.1) is 0 Å². The molecule has 0 aromatic heterocycles. The maximum absolute atomic E-state index is 2.26. The zero-order valence-corrected chi connectivity index (χ0v) is 9.88. The van der Waals surface area contributed by atoms with Crippen molar-refractivity contribution in [2.24, 2.45) is 0 Å². The molecular weight excluding hydrogens is 192 g/mol. The quantitative estimate of drug-likeness (QED) is 0.612. The zero-order chi connectivity index (χ0) is 11.1. The van der Waals surface area contributed by atoms with E-state index >= 15 is 0 Å². The Morgan fingerprint density at radius 1 is 0.750 bits per heavy atom. The molecule has 2 aliphatic carbocycles. The highest BCUT2D eigenvalue weighted by Gasteiger charge is 2.12. The van der Waals surface area contributed by atoms with Crippen LogP contribution >= 0.6 is 0 Å². The lowest BCUT2D eigenvalue weighted by atomic mass is 9.87. The maximum atomic E-state index is 2.26. The summed E-state index contributed by atoms with van der Waals surface area (Å²) >= 11 is 0. The maximum Gasteiger partial charge on any atom is -0.00854 e. The van der Waals surface area contributed by atoms with Crippen molar-refractivity contribution in [3.8, 4) is 0 Å². The van der Waals surface area contributed by atoms with Crippen molar-refractivity contribution in [1.82, 2.24) is 0 Å². The molecule has 0 nitrogen and oxygen atoms in total. The molecule has 0 aliphatic heterocycles. The lowest BCUT2D eigenvalue weighted by Gasteiger charge is -2.17. The molecule has 0 heterocycles. The van der Waals surface area contributed by atoms with Crippen LogP contribution < -0.4 is 10.4 Å². The minimum absolute atomic E-state index is 1.09. The minimum Gasteiger partial charge on any atom is -0.0801 e. The van der Waals surface area contributed by atoms with Crippen molar-refractivity contribution in [3.05, 3.63) is 57.0 Å². The van der Waals surface area contributed by atoms with Gasteiger partial charge >= 0.3 is 0 Å². The molecule has 1 aromatic rings.